The molecule has 3 rings (SSSR count). The monoisotopic (exact) mass is 218 g/mol. The van der Waals surface area contributed by atoms with Crippen LogP contribution < -0.4 is 16.6 Å². The average Bonchev–Trinajstić information content (AvgIpc) is 2.28. The molecule has 2 heterocycles. The van der Waals surface area contributed by atoms with E-state index in [0.717, 1.165) is 22.0 Å². The van der Waals surface area contributed by atoms with E-state index in [4.69, 9.17) is 5.84 Å². The first-order valence-electron chi connectivity index (χ1n) is 5.04. The molecule has 6 heteroatoms. The standard InChI is InChI=1S/C10H12N5O/c11-15-6-14(16)10-7-3-1-2-4-8(7)12-5-9(10)13-15/h1-5,10,12-13H,6,11H2. The summed E-state index contributed by atoms with van der Waals surface area (Å²) in [5.74, 6) is 5.56. The summed E-state index contributed by atoms with van der Waals surface area (Å²) in [6.07, 6.45) is 1.77. The second-order valence-corrected chi connectivity index (χ2v) is 3.87. The molecule has 1 atom stereocenters. The van der Waals surface area contributed by atoms with E-state index in [1.54, 1.807) is 6.20 Å². The van der Waals surface area contributed by atoms with Crippen LogP contribution in [0, 0.1) is 0 Å². The third-order valence-electron chi connectivity index (χ3n) is 2.79. The maximum Gasteiger partial charge on any atom is 0.114 e. The fourth-order valence-electron chi connectivity index (χ4n) is 2.11. The summed E-state index contributed by atoms with van der Waals surface area (Å²) in [5, 5.41) is 17.2. The van der Waals surface area contributed by atoms with Crippen LogP contribution in [-0.2, 0) is 5.21 Å². The van der Waals surface area contributed by atoms with Gasteiger partial charge < -0.3 is 10.7 Å². The molecule has 6 nitrogen and oxygen atoms in total. The van der Waals surface area contributed by atoms with Crippen LogP contribution >= 0.6 is 0 Å². The number of hydrogen-bond donors (Lipinski definition) is 3. The van der Waals surface area contributed by atoms with E-state index in [-0.39, 0.29) is 12.7 Å². The minimum atomic E-state index is -0.294. The van der Waals surface area contributed by atoms with Crippen LogP contribution in [0.1, 0.15) is 11.6 Å². The lowest BCUT2D eigenvalue weighted by Gasteiger charge is -2.39. The van der Waals surface area contributed by atoms with E-state index < -0.39 is 0 Å². The molecular weight excluding hydrogens is 206 g/mol. The molecule has 0 saturated carbocycles. The van der Waals surface area contributed by atoms with Crippen LogP contribution in [0.3, 0.4) is 0 Å². The van der Waals surface area contributed by atoms with Crippen LogP contribution in [0.25, 0.3) is 0 Å². The molecule has 2 aliphatic heterocycles. The molecule has 4 N–H and O–H groups in total. The molecule has 0 bridgehead atoms. The van der Waals surface area contributed by atoms with Gasteiger partial charge >= 0.3 is 0 Å². The zero-order valence-electron chi connectivity index (χ0n) is 8.55. The highest BCUT2D eigenvalue weighted by atomic mass is 16.5. The first-order valence-corrected chi connectivity index (χ1v) is 5.04. The Hall–Kier alpha value is -1.60. The smallest absolute Gasteiger partial charge is 0.114 e. The number of benzene rings is 1. The second kappa shape index (κ2) is 3.46. The summed E-state index contributed by atoms with van der Waals surface area (Å²) < 4.78 is 0. The lowest BCUT2D eigenvalue weighted by Crippen LogP contribution is -2.56. The molecule has 16 heavy (non-hydrogen) atoms. The minimum absolute atomic E-state index is 0.135. The molecule has 1 radical (unpaired) electrons. The van der Waals surface area contributed by atoms with Gasteiger partial charge in [0.05, 0.1) is 5.70 Å². The van der Waals surface area contributed by atoms with Crippen molar-refractivity contribution >= 4 is 5.69 Å². The maximum absolute atomic E-state index is 11.9. The molecule has 0 aromatic heterocycles. The SMILES string of the molecule is NN1CN([O])C2C(=CNc3ccccc32)N1. The Morgan fingerprint density at radius 3 is 3.06 bits per heavy atom. The highest BCUT2D eigenvalue weighted by Gasteiger charge is 2.34. The minimum Gasteiger partial charge on any atom is -0.360 e. The second-order valence-electron chi connectivity index (χ2n) is 3.87. The van der Waals surface area contributed by atoms with Crippen LogP contribution in [0.4, 0.5) is 5.69 Å². The van der Waals surface area contributed by atoms with Crippen molar-refractivity contribution in [3.8, 4) is 0 Å². The van der Waals surface area contributed by atoms with Gasteiger partial charge in [-0.05, 0) is 6.07 Å². The molecule has 1 unspecified atom stereocenters. The number of anilines is 1. The number of hydrazine groups is 2. The molecule has 0 aliphatic carbocycles. The average molecular weight is 218 g/mol. The number of nitrogens with two attached hydrogens (primary N) is 1. The van der Waals surface area contributed by atoms with Crippen molar-refractivity contribution < 1.29 is 5.21 Å². The van der Waals surface area contributed by atoms with E-state index in [9.17, 15) is 5.21 Å². The summed E-state index contributed by atoms with van der Waals surface area (Å²) in [4.78, 5) is 0. The lowest BCUT2D eigenvalue weighted by atomic mass is 9.99. The van der Waals surface area contributed by atoms with Crippen molar-refractivity contribution in [1.29, 1.82) is 0 Å². The van der Waals surface area contributed by atoms with E-state index >= 15 is 0 Å². The van der Waals surface area contributed by atoms with Gasteiger partial charge in [-0.15, -0.1) is 15.4 Å². The molecule has 1 aromatic rings. The summed E-state index contributed by atoms with van der Waals surface area (Å²) in [5.41, 5.74) is 5.65. The summed E-state index contributed by atoms with van der Waals surface area (Å²) in [6, 6.07) is 7.46. The summed E-state index contributed by atoms with van der Waals surface area (Å²) in [7, 11) is 0. The van der Waals surface area contributed by atoms with Crippen molar-refractivity contribution in [2.45, 2.75) is 6.04 Å². The largest absolute Gasteiger partial charge is 0.360 e. The first kappa shape index (κ1) is 9.61. The molecular formula is C10H12N5O. The Kier molecular flexibility index (Phi) is 2.08. The van der Waals surface area contributed by atoms with Gasteiger partial charge in [-0.25, -0.2) is 5.84 Å². The van der Waals surface area contributed by atoms with Gasteiger partial charge in [0.1, 0.15) is 12.7 Å². The Bertz CT molecular complexity index is 447. The number of nitrogens with zero attached hydrogens (tertiary/aromatic N) is 2. The maximum atomic E-state index is 11.9. The van der Waals surface area contributed by atoms with Gasteiger partial charge in [0.25, 0.3) is 0 Å². The van der Waals surface area contributed by atoms with Crippen molar-refractivity contribution in [2.75, 3.05) is 12.0 Å². The Balaban J connectivity index is 2.04. The van der Waals surface area contributed by atoms with Gasteiger partial charge in [-0.1, -0.05) is 18.2 Å². The van der Waals surface area contributed by atoms with E-state index in [2.05, 4.69) is 10.7 Å². The molecule has 83 valence electrons. The highest BCUT2D eigenvalue weighted by Crippen LogP contribution is 2.36. The fourth-order valence-corrected chi connectivity index (χ4v) is 2.11. The van der Waals surface area contributed by atoms with Crippen molar-refractivity contribution in [2.24, 2.45) is 5.84 Å². The van der Waals surface area contributed by atoms with Crippen molar-refractivity contribution in [1.82, 2.24) is 15.6 Å². The number of hydrogen-bond acceptors (Lipinski definition) is 5. The number of fused-ring (bicyclic) bond motifs is 3. The number of nitrogens with one attached hydrogen (secondary N) is 2. The number of para-hydroxylation sites is 1. The molecule has 0 spiro atoms. The van der Waals surface area contributed by atoms with Crippen LogP contribution in [0.2, 0.25) is 0 Å². The van der Waals surface area contributed by atoms with Gasteiger partial charge in [0, 0.05) is 17.5 Å². The Morgan fingerprint density at radius 2 is 2.19 bits per heavy atom. The van der Waals surface area contributed by atoms with E-state index in [1.807, 2.05) is 24.3 Å². The predicted molar refractivity (Wildman–Crippen MR) is 57.4 cm³/mol. The third kappa shape index (κ3) is 1.36. The van der Waals surface area contributed by atoms with Crippen molar-refractivity contribution in [3.63, 3.8) is 0 Å². The van der Waals surface area contributed by atoms with Gasteiger partial charge in [0.15, 0.2) is 0 Å². The zero-order valence-corrected chi connectivity index (χ0v) is 8.55. The molecule has 1 aromatic carbocycles. The molecule has 1 fully saturated rings. The highest BCUT2D eigenvalue weighted by molar-refractivity contribution is 5.59. The van der Waals surface area contributed by atoms with Crippen LogP contribution in [0.5, 0.6) is 0 Å². The topological polar surface area (TPSA) is 76.5 Å². The van der Waals surface area contributed by atoms with Gasteiger partial charge in [-0.3, -0.25) is 0 Å². The fraction of sp³-hybridized carbons (Fsp3) is 0.200. The predicted octanol–water partition coefficient (Wildman–Crippen LogP) is 0.293. The molecule has 2 aliphatic rings. The number of rotatable bonds is 0. The zero-order chi connectivity index (χ0) is 11.1. The summed E-state index contributed by atoms with van der Waals surface area (Å²) in [6.45, 7) is 0.135. The summed E-state index contributed by atoms with van der Waals surface area (Å²) >= 11 is 0. The molecule has 1 saturated heterocycles. The van der Waals surface area contributed by atoms with Crippen LogP contribution in [-0.4, -0.2) is 16.8 Å². The van der Waals surface area contributed by atoms with E-state index in [1.165, 1.54) is 5.12 Å². The van der Waals surface area contributed by atoms with Crippen LogP contribution in [0.15, 0.2) is 36.2 Å². The third-order valence-corrected chi connectivity index (χ3v) is 2.79. The number of hydroxylamine groups is 2. The van der Waals surface area contributed by atoms with Gasteiger partial charge in [-0.2, -0.15) is 0 Å². The lowest BCUT2D eigenvalue weighted by molar-refractivity contribution is -0.227. The van der Waals surface area contributed by atoms with E-state index in [0.29, 0.717) is 0 Å². The van der Waals surface area contributed by atoms with Crippen molar-refractivity contribution in [3.05, 3.63) is 41.7 Å². The Morgan fingerprint density at radius 1 is 1.38 bits per heavy atom. The quantitative estimate of drug-likeness (QED) is 0.546. The van der Waals surface area contributed by atoms with Gasteiger partial charge in [0.2, 0.25) is 0 Å². The molecule has 0 amide bonds. The Labute approximate surface area is 92.8 Å². The first-order chi connectivity index (χ1) is 7.75. The normalized spacial score (nSPS) is 24.9.